The normalized spacial score (nSPS) is 11.2. The monoisotopic (exact) mass is 247 g/mol. The Morgan fingerprint density at radius 2 is 1.71 bits per heavy atom. The van der Waals surface area contributed by atoms with E-state index in [2.05, 4.69) is 0 Å². The van der Waals surface area contributed by atoms with Crippen molar-refractivity contribution in [2.24, 2.45) is 0 Å². The van der Waals surface area contributed by atoms with Crippen molar-refractivity contribution in [1.29, 1.82) is 0 Å². The van der Waals surface area contributed by atoms with Crippen LogP contribution in [-0.2, 0) is 6.54 Å². The number of aliphatic hydroxyl groups is 1. The Bertz CT molecular complexity index is 348. The molecule has 0 aliphatic heterocycles. The van der Waals surface area contributed by atoms with Crippen LogP contribution in [0.15, 0.2) is 12.1 Å². The number of hydrogen-bond acceptors (Lipinski definition) is 2. The van der Waals surface area contributed by atoms with Crippen LogP contribution in [0.3, 0.4) is 0 Å². The molecule has 0 amide bonds. The molecule has 0 heterocycles. The van der Waals surface area contributed by atoms with Crippen LogP contribution in [0.25, 0.3) is 0 Å². The molecule has 0 atom stereocenters. The van der Waals surface area contributed by atoms with Gasteiger partial charge in [0.1, 0.15) is 0 Å². The lowest BCUT2D eigenvalue weighted by Crippen LogP contribution is -2.19. The molecule has 0 aromatic heterocycles. The lowest BCUT2D eigenvalue weighted by molar-refractivity contribution is 0.261. The van der Waals surface area contributed by atoms with E-state index in [1.54, 1.807) is 7.05 Å². The number of halogens is 3. The first-order valence-corrected chi connectivity index (χ1v) is 5.47. The van der Waals surface area contributed by atoms with Gasteiger partial charge in [0.2, 0.25) is 0 Å². The highest BCUT2D eigenvalue weighted by Gasteiger charge is 2.11. The number of benzene rings is 1. The fourth-order valence-corrected chi connectivity index (χ4v) is 1.58. The average molecular weight is 247 g/mol. The summed E-state index contributed by atoms with van der Waals surface area (Å²) in [5.74, 6) is -3.76. The van der Waals surface area contributed by atoms with Gasteiger partial charge in [-0.15, -0.1) is 0 Å². The highest BCUT2D eigenvalue weighted by atomic mass is 19.2. The molecule has 0 fully saturated rings. The van der Waals surface area contributed by atoms with Crippen molar-refractivity contribution in [2.45, 2.75) is 19.4 Å². The van der Waals surface area contributed by atoms with Crippen molar-refractivity contribution < 1.29 is 18.3 Å². The topological polar surface area (TPSA) is 23.5 Å². The van der Waals surface area contributed by atoms with Gasteiger partial charge in [-0.3, -0.25) is 0 Å². The maximum Gasteiger partial charge on any atom is 0.194 e. The third kappa shape index (κ3) is 4.36. The van der Waals surface area contributed by atoms with Crippen molar-refractivity contribution in [2.75, 3.05) is 20.2 Å². The van der Waals surface area contributed by atoms with E-state index in [0.717, 1.165) is 18.6 Å². The second kappa shape index (κ2) is 6.61. The van der Waals surface area contributed by atoms with Gasteiger partial charge in [0, 0.05) is 13.2 Å². The van der Waals surface area contributed by atoms with Crippen LogP contribution in [0, 0.1) is 17.5 Å². The Balaban J connectivity index is 2.56. The Hall–Kier alpha value is -1.07. The van der Waals surface area contributed by atoms with Gasteiger partial charge in [0.25, 0.3) is 0 Å². The molecule has 1 N–H and O–H groups in total. The Morgan fingerprint density at radius 3 is 2.24 bits per heavy atom. The van der Waals surface area contributed by atoms with E-state index < -0.39 is 17.5 Å². The van der Waals surface area contributed by atoms with Crippen molar-refractivity contribution in [1.82, 2.24) is 4.90 Å². The lowest BCUT2D eigenvalue weighted by atomic mass is 10.2. The quantitative estimate of drug-likeness (QED) is 0.616. The zero-order chi connectivity index (χ0) is 12.8. The predicted molar refractivity (Wildman–Crippen MR) is 59.0 cm³/mol. The summed E-state index contributed by atoms with van der Waals surface area (Å²) in [6.45, 7) is 1.19. The van der Waals surface area contributed by atoms with Gasteiger partial charge in [-0.05, 0) is 44.1 Å². The number of hydrogen-bond donors (Lipinski definition) is 1. The minimum atomic E-state index is -1.43. The van der Waals surface area contributed by atoms with Crippen LogP contribution in [0.1, 0.15) is 18.4 Å². The number of nitrogens with zero attached hydrogens (tertiary/aromatic N) is 1. The largest absolute Gasteiger partial charge is 0.396 e. The molecular weight excluding hydrogens is 231 g/mol. The molecule has 1 rings (SSSR count). The third-order valence-corrected chi connectivity index (χ3v) is 2.44. The third-order valence-electron chi connectivity index (χ3n) is 2.44. The zero-order valence-electron chi connectivity index (χ0n) is 9.72. The van der Waals surface area contributed by atoms with Crippen molar-refractivity contribution >= 4 is 0 Å². The molecule has 0 spiro atoms. The summed E-state index contributed by atoms with van der Waals surface area (Å²) in [6, 6.07) is 2.00. The van der Waals surface area contributed by atoms with Gasteiger partial charge in [0.15, 0.2) is 17.5 Å². The summed E-state index contributed by atoms with van der Waals surface area (Å²) in [7, 11) is 1.80. The van der Waals surface area contributed by atoms with Crippen LogP contribution in [-0.4, -0.2) is 30.2 Å². The summed E-state index contributed by atoms with van der Waals surface area (Å²) in [5.41, 5.74) is 0.396. The Morgan fingerprint density at radius 1 is 1.12 bits per heavy atom. The van der Waals surface area contributed by atoms with Gasteiger partial charge in [-0.1, -0.05) is 0 Å². The molecule has 1 aromatic rings. The summed E-state index contributed by atoms with van der Waals surface area (Å²) < 4.78 is 38.6. The first-order valence-electron chi connectivity index (χ1n) is 5.47. The molecule has 5 heteroatoms. The van der Waals surface area contributed by atoms with Crippen LogP contribution in [0.2, 0.25) is 0 Å². The number of aliphatic hydroxyl groups excluding tert-OH is 1. The second-order valence-electron chi connectivity index (χ2n) is 4.04. The number of rotatable bonds is 6. The van der Waals surface area contributed by atoms with Crippen LogP contribution < -0.4 is 0 Å². The van der Waals surface area contributed by atoms with Crippen molar-refractivity contribution in [3.63, 3.8) is 0 Å². The van der Waals surface area contributed by atoms with E-state index in [4.69, 9.17) is 5.11 Å². The summed E-state index contributed by atoms with van der Waals surface area (Å²) >= 11 is 0. The van der Waals surface area contributed by atoms with Crippen LogP contribution >= 0.6 is 0 Å². The molecule has 0 aliphatic carbocycles. The molecule has 17 heavy (non-hydrogen) atoms. The maximum absolute atomic E-state index is 12.9. The number of unbranched alkanes of at least 4 members (excludes halogenated alkanes) is 1. The molecule has 0 radical (unpaired) electrons. The molecule has 1 aromatic carbocycles. The van der Waals surface area contributed by atoms with Crippen molar-refractivity contribution in [3.8, 4) is 0 Å². The smallest absolute Gasteiger partial charge is 0.194 e. The fraction of sp³-hybridized carbons (Fsp3) is 0.500. The van der Waals surface area contributed by atoms with E-state index in [9.17, 15) is 13.2 Å². The Kier molecular flexibility index (Phi) is 5.44. The van der Waals surface area contributed by atoms with Crippen LogP contribution in [0.4, 0.5) is 13.2 Å². The molecule has 0 unspecified atom stereocenters. The first-order chi connectivity index (χ1) is 8.04. The molecule has 96 valence electrons. The summed E-state index contributed by atoms with van der Waals surface area (Å²) in [5, 5.41) is 8.61. The first kappa shape index (κ1) is 14.0. The highest BCUT2D eigenvalue weighted by molar-refractivity contribution is 5.19. The minimum absolute atomic E-state index is 0.133. The molecule has 0 aliphatic rings. The molecule has 0 bridgehead atoms. The average Bonchev–Trinajstić information content (AvgIpc) is 2.26. The van der Waals surface area contributed by atoms with Crippen LogP contribution in [0.5, 0.6) is 0 Å². The molecule has 0 saturated heterocycles. The minimum Gasteiger partial charge on any atom is -0.396 e. The molecule has 2 nitrogen and oxygen atoms in total. The van der Waals surface area contributed by atoms with E-state index >= 15 is 0 Å². The van der Waals surface area contributed by atoms with E-state index in [-0.39, 0.29) is 6.61 Å². The standard InChI is InChI=1S/C12H16F3NO/c1-16(4-2-3-5-17)8-9-6-10(13)12(15)11(14)7-9/h6-7,17H,2-5,8H2,1H3. The molecular formula is C12H16F3NO. The van der Waals surface area contributed by atoms with Gasteiger partial charge in [-0.25, -0.2) is 13.2 Å². The SMILES string of the molecule is CN(CCCCO)Cc1cc(F)c(F)c(F)c1. The predicted octanol–water partition coefficient (Wildman–Crippen LogP) is 2.31. The lowest BCUT2D eigenvalue weighted by Gasteiger charge is -2.16. The zero-order valence-corrected chi connectivity index (χ0v) is 9.72. The summed E-state index contributed by atoms with van der Waals surface area (Å²) in [6.07, 6.45) is 1.50. The highest BCUT2D eigenvalue weighted by Crippen LogP contribution is 2.14. The van der Waals surface area contributed by atoms with Gasteiger partial charge >= 0.3 is 0 Å². The van der Waals surface area contributed by atoms with Gasteiger partial charge in [-0.2, -0.15) is 0 Å². The van der Waals surface area contributed by atoms with E-state index in [0.29, 0.717) is 25.1 Å². The maximum atomic E-state index is 12.9. The van der Waals surface area contributed by atoms with Gasteiger partial charge < -0.3 is 10.0 Å². The summed E-state index contributed by atoms with van der Waals surface area (Å²) in [4.78, 5) is 1.86. The Labute approximate surface area is 98.7 Å². The van der Waals surface area contributed by atoms with E-state index in [1.807, 2.05) is 4.90 Å². The molecule has 0 saturated carbocycles. The fourth-order valence-electron chi connectivity index (χ4n) is 1.58. The second-order valence-corrected chi connectivity index (χ2v) is 4.04. The van der Waals surface area contributed by atoms with E-state index in [1.165, 1.54) is 0 Å². The van der Waals surface area contributed by atoms with Gasteiger partial charge in [0.05, 0.1) is 0 Å². The van der Waals surface area contributed by atoms with Crippen molar-refractivity contribution in [3.05, 3.63) is 35.1 Å².